The number of hydrogen-bond donors (Lipinski definition) is 0. The van der Waals surface area contributed by atoms with Crippen molar-refractivity contribution in [1.82, 2.24) is 0 Å². The molecule has 0 aromatic heterocycles. The molecule has 0 saturated carbocycles. The average Bonchev–Trinajstić information content (AvgIpc) is 2.92. The highest BCUT2D eigenvalue weighted by Gasteiger charge is 2.29. The molecule has 0 heterocycles. The Morgan fingerprint density at radius 1 is 0.731 bits per heavy atom. The molecule has 2 aromatic carbocycles. The molecule has 0 saturated heterocycles. The molecule has 26 heavy (non-hydrogen) atoms. The Hall–Kier alpha value is -2.56. The summed E-state index contributed by atoms with van der Waals surface area (Å²) < 4.78 is 0. The first-order valence-corrected chi connectivity index (χ1v) is 9.31. The molecule has 2 aromatic rings. The molecule has 0 N–H and O–H groups in total. The van der Waals surface area contributed by atoms with Gasteiger partial charge in [0.1, 0.15) is 0 Å². The van der Waals surface area contributed by atoms with Gasteiger partial charge in [0.2, 0.25) is 0 Å². The second kappa shape index (κ2) is 6.98. The van der Waals surface area contributed by atoms with Crippen LogP contribution < -0.4 is 0 Å². The average molecular weight is 341 g/mol. The number of aryl methyl sites for hydroxylation is 1. The van der Waals surface area contributed by atoms with Gasteiger partial charge in [0.05, 0.1) is 0 Å². The Labute approximate surface area is 158 Å². The molecule has 0 heteroatoms. The van der Waals surface area contributed by atoms with Crippen LogP contribution in [0.25, 0.3) is 0 Å². The van der Waals surface area contributed by atoms with Crippen molar-refractivity contribution in [2.24, 2.45) is 0 Å². The standard InChI is InChI=1S/C26H28/c1-20-17-18-23(25(2,3)21-13-9-6-7-10-14-21)19-24(20)26(4,5)22-15-11-8-12-16-22/h6-13,15-19H,1-5H3. The van der Waals surface area contributed by atoms with Gasteiger partial charge in [-0.15, -0.1) is 5.73 Å². The van der Waals surface area contributed by atoms with Gasteiger partial charge in [0.15, 0.2) is 0 Å². The fourth-order valence-electron chi connectivity index (χ4n) is 3.70. The summed E-state index contributed by atoms with van der Waals surface area (Å²) in [7, 11) is 0. The molecule has 0 bridgehead atoms. The van der Waals surface area contributed by atoms with Crippen molar-refractivity contribution in [3.8, 4) is 0 Å². The van der Waals surface area contributed by atoms with Gasteiger partial charge in [0.25, 0.3) is 0 Å². The molecule has 0 spiro atoms. The number of allylic oxidation sites excluding steroid dienone is 5. The molecule has 0 nitrogen and oxygen atoms in total. The van der Waals surface area contributed by atoms with Gasteiger partial charge in [0, 0.05) is 16.4 Å². The molecule has 132 valence electrons. The van der Waals surface area contributed by atoms with E-state index in [1.807, 2.05) is 12.2 Å². The van der Waals surface area contributed by atoms with Crippen LogP contribution in [-0.4, -0.2) is 0 Å². The maximum absolute atomic E-state index is 3.44. The van der Waals surface area contributed by atoms with Crippen LogP contribution in [0.4, 0.5) is 0 Å². The molecule has 0 atom stereocenters. The van der Waals surface area contributed by atoms with Crippen LogP contribution in [0.15, 0.2) is 90.2 Å². The van der Waals surface area contributed by atoms with Gasteiger partial charge in [-0.05, 0) is 35.3 Å². The maximum Gasteiger partial charge on any atom is 0.0219 e. The fourth-order valence-corrected chi connectivity index (χ4v) is 3.70. The Morgan fingerprint density at radius 2 is 1.46 bits per heavy atom. The van der Waals surface area contributed by atoms with Gasteiger partial charge in [-0.3, -0.25) is 0 Å². The Balaban J connectivity index is 2.10. The topological polar surface area (TPSA) is 0 Å². The van der Waals surface area contributed by atoms with Crippen molar-refractivity contribution in [3.63, 3.8) is 0 Å². The maximum atomic E-state index is 3.44. The van der Waals surface area contributed by atoms with Crippen LogP contribution in [0.2, 0.25) is 0 Å². The van der Waals surface area contributed by atoms with E-state index < -0.39 is 0 Å². The van der Waals surface area contributed by atoms with Crippen molar-refractivity contribution in [1.29, 1.82) is 0 Å². The van der Waals surface area contributed by atoms with Crippen LogP contribution in [0.1, 0.15) is 49.9 Å². The summed E-state index contributed by atoms with van der Waals surface area (Å²) in [5, 5.41) is 0. The Morgan fingerprint density at radius 3 is 2.19 bits per heavy atom. The van der Waals surface area contributed by atoms with E-state index in [4.69, 9.17) is 0 Å². The first kappa shape index (κ1) is 18.2. The third-order valence-corrected chi connectivity index (χ3v) is 5.62. The zero-order valence-electron chi connectivity index (χ0n) is 16.5. The highest BCUT2D eigenvalue weighted by atomic mass is 14.3. The van der Waals surface area contributed by atoms with E-state index in [1.54, 1.807) is 0 Å². The van der Waals surface area contributed by atoms with E-state index in [1.165, 1.54) is 27.8 Å². The third kappa shape index (κ3) is 3.39. The van der Waals surface area contributed by atoms with Crippen LogP contribution in [-0.2, 0) is 10.8 Å². The van der Waals surface area contributed by atoms with E-state index in [-0.39, 0.29) is 10.8 Å². The summed E-state index contributed by atoms with van der Waals surface area (Å²) in [6.45, 7) is 11.4. The number of benzene rings is 2. The van der Waals surface area contributed by atoms with Gasteiger partial charge in [-0.25, -0.2) is 0 Å². The zero-order chi connectivity index (χ0) is 18.8. The monoisotopic (exact) mass is 340 g/mol. The molecule has 0 aliphatic heterocycles. The minimum Gasteiger partial charge on any atom is -0.116 e. The first-order valence-electron chi connectivity index (χ1n) is 9.31. The summed E-state index contributed by atoms with van der Waals surface area (Å²) in [6, 6.07) is 17.7. The van der Waals surface area contributed by atoms with Crippen molar-refractivity contribution >= 4 is 0 Å². The van der Waals surface area contributed by atoms with Crippen molar-refractivity contribution in [3.05, 3.63) is 112 Å². The first-order chi connectivity index (χ1) is 12.3. The van der Waals surface area contributed by atoms with Gasteiger partial charge in [-0.1, -0.05) is 101 Å². The van der Waals surface area contributed by atoms with Crippen LogP contribution >= 0.6 is 0 Å². The lowest BCUT2D eigenvalue weighted by atomic mass is 9.72. The minimum absolute atomic E-state index is 0.0392. The van der Waals surface area contributed by atoms with Crippen molar-refractivity contribution < 1.29 is 0 Å². The van der Waals surface area contributed by atoms with Crippen molar-refractivity contribution in [2.45, 2.75) is 45.4 Å². The number of hydrogen-bond acceptors (Lipinski definition) is 0. The zero-order valence-corrected chi connectivity index (χ0v) is 16.5. The lowest BCUT2D eigenvalue weighted by Crippen LogP contribution is -2.24. The summed E-state index contributed by atoms with van der Waals surface area (Å²) >= 11 is 0. The highest BCUT2D eigenvalue weighted by molar-refractivity contribution is 5.49. The van der Waals surface area contributed by atoms with E-state index in [0.717, 1.165) is 0 Å². The van der Waals surface area contributed by atoms with Gasteiger partial charge < -0.3 is 0 Å². The van der Waals surface area contributed by atoms with Crippen LogP contribution in [0, 0.1) is 6.92 Å². The Kier molecular flexibility index (Phi) is 4.90. The molecule has 1 aliphatic rings. The van der Waals surface area contributed by atoms with E-state index in [2.05, 4.69) is 107 Å². The van der Waals surface area contributed by atoms with Crippen LogP contribution in [0.5, 0.6) is 0 Å². The summed E-state index contributed by atoms with van der Waals surface area (Å²) in [6.07, 6.45) is 10.3. The van der Waals surface area contributed by atoms with E-state index in [0.29, 0.717) is 0 Å². The lowest BCUT2D eigenvalue weighted by Gasteiger charge is -2.32. The molecule has 1 aliphatic carbocycles. The largest absolute Gasteiger partial charge is 0.116 e. The van der Waals surface area contributed by atoms with E-state index >= 15 is 0 Å². The summed E-state index contributed by atoms with van der Waals surface area (Å²) in [5.41, 5.74) is 9.89. The second-order valence-corrected chi connectivity index (χ2v) is 8.11. The molecule has 3 rings (SSSR count). The quantitative estimate of drug-likeness (QED) is 0.536. The molecule has 0 amide bonds. The highest BCUT2D eigenvalue weighted by Crippen LogP contribution is 2.38. The second-order valence-electron chi connectivity index (χ2n) is 8.11. The molecule has 0 fully saturated rings. The lowest BCUT2D eigenvalue weighted by molar-refractivity contribution is 0.614. The number of rotatable bonds is 4. The summed E-state index contributed by atoms with van der Waals surface area (Å²) in [4.78, 5) is 0. The Bertz CT molecular complexity index is 912. The predicted molar refractivity (Wildman–Crippen MR) is 113 cm³/mol. The molecular formula is C26H28. The molecule has 0 radical (unpaired) electrons. The fraction of sp³-hybridized carbons (Fsp3) is 0.269. The molecule has 0 unspecified atom stereocenters. The van der Waals surface area contributed by atoms with Gasteiger partial charge >= 0.3 is 0 Å². The van der Waals surface area contributed by atoms with E-state index in [9.17, 15) is 0 Å². The smallest absolute Gasteiger partial charge is 0.0219 e. The van der Waals surface area contributed by atoms with Gasteiger partial charge in [-0.2, -0.15) is 0 Å². The summed E-state index contributed by atoms with van der Waals surface area (Å²) in [5.74, 6) is 0. The normalized spacial score (nSPS) is 14.3. The van der Waals surface area contributed by atoms with Crippen molar-refractivity contribution in [2.75, 3.05) is 0 Å². The predicted octanol–water partition coefficient (Wildman–Crippen LogP) is 6.81. The third-order valence-electron chi connectivity index (χ3n) is 5.62. The molecular weight excluding hydrogens is 312 g/mol. The SMILES string of the molecule is Cc1ccc(C(C)(C)C2=C=CC=CC=C2)cc1C(C)(C)c1ccccc1. The van der Waals surface area contributed by atoms with Crippen LogP contribution in [0.3, 0.4) is 0 Å². The minimum atomic E-state index is -0.103.